The lowest BCUT2D eigenvalue weighted by Gasteiger charge is -1.98. The quantitative estimate of drug-likeness (QED) is 0.490. The molecule has 0 fully saturated rings. The third kappa shape index (κ3) is 2.91. The van der Waals surface area contributed by atoms with E-state index in [2.05, 4.69) is 22.0 Å². The molecular weight excluding hydrogens is 168 g/mol. The lowest BCUT2D eigenvalue weighted by Crippen LogP contribution is -2.05. The van der Waals surface area contributed by atoms with Crippen LogP contribution < -0.4 is 0 Å². The van der Waals surface area contributed by atoms with Gasteiger partial charge in [-0.05, 0) is 13.0 Å². The van der Waals surface area contributed by atoms with Gasteiger partial charge in [-0.25, -0.2) is 4.79 Å². The molecule has 0 saturated heterocycles. The van der Waals surface area contributed by atoms with Crippen molar-refractivity contribution in [1.29, 1.82) is 0 Å². The van der Waals surface area contributed by atoms with Crippen LogP contribution in [-0.2, 0) is 4.74 Å². The van der Waals surface area contributed by atoms with E-state index in [0.29, 0.717) is 5.56 Å². The summed E-state index contributed by atoms with van der Waals surface area (Å²) in [5.41, 5.74) is 0.382. The highest BCUT2D eigenvalue weighted by Gasteiger charge is 2.04. The molecule has 1 heterocycles. The number of aromatic nitrogens is 2. The standard InChI is InChI=1S/C9H8N2O2/c1-2-3-6-13-9(12)8-4-5-10-11-7-8/h4-5,7H,6H2,1H3. The van der Waals surface area contributed by atoms with E-state index < -0.39 is 5.97 Å². The van der Waals surface area contributed by atoms with Crippen molar-refractivity contribution < 1.29 is 9.53 Å². The normalized spacial score (nSPS) is 8.38. The molecule has 0 spiro atoms. The van der Waals surface area contributed by atoms with Gasteiger partial charge in [-0.2, -0.15) is 10.2 Å². The third-order valence-corrected chi connectivity index (χ3v) is 1.27. The summed E-state index contributed by atoms with van der Waals surface area (Å²) < 4.78 is 4.79. The van der Waals surface area contributed by atoms with Gasteiger partial charge in [0.25, 0.3) is 0 Å². The van der Waals surface area contributed by atoms with Gasteiger partial charge >= 0.3 is 5.97 Å². The van der Waals surface area contributed by atoms with Crippen LogP contribution >= 0.6 is 0 Å². The van der Waals surface area contributed by atoms with Crippen LogP contribution in [0.15, 0.2) is 18.5 Å². The fourth-order valence-corrected chi connectivity index (χ4v) is 0.669. The summed E-state index contributed by atoms with van der Waals surface area (Å²) in [5.74, 6) is 4.81. The maximum Gasteiger partial charge on any atom is 0.340 e. The molecule has 0 aliphatic carbocycles. The molecule has 4 heteroatoms. The van der Waals surface area contributed by atoms with Gasteiger partial charge in [0.1, 0.15) is 0 Å². The van der Waals surface area contributed by atoms with Crippen molar-refractivity contribution in [3.63, 3.8) is 0 Å². The second-order valence-corrected chi connectivity index (χ2v) is 2.13. The Morgan fingerprint density at radius 1 is 1.62 bits per heavy atom. The zero-order valence-corrected chi connectivity index (χ0v) is 7.15. The van der Waals surface area contributed by atoms with Crippen molar-refractivity contribution in [1.82, 2.24) is 10.2 Å². The Bertz CT molecular complexity index is 338. The predicted molar refractivity (Wildman–Crippen MR) is 45.8 cm³/mol. The van der Waals surface area contributed by atoms with Crippen LogP contribution in [0.25, 0.3) is 0 Å². The highest BCUT2D eigenvalue weighted by molar-refractivity contribution is 5.88. The highest BCUT2D eigenvalue weighted by atomic mass is 16.5. The minimum atomic E-state index is -0.433. The molecule has 4 nitrogen and oxygen atoms in total. The van der Waals surface area contributed by atoms with Gasteiger partial charge in [-0.1, -0.05) is 5.92 Å². The zero-order chi connectivity index (χ0) is 9.52. The first-order valence-corrected chi connectivity index (χ1v) is 3.68. The Kier molecular flexibility index (Phi) is 3.45. The number of hydrogen-bond acceptors (Lipinski definition) is 4. The fraction of sp³-hybridized carbons (Fsp3) is 0.222. The van der Waals surface area contributed by atoms with Gasteiger partial charge in [-0.3, -0.25) is 0 Å². The number of carbonyl (C=O) groups excluding carboxylic acids is 1. The fourth-order valence-electron chi connectivity index (χ4n) is 0.669. The molecule has 0 aliphatic rings. The van der Waals surface area contributed by atoms with Gasteiger partial charge in [0.15, 0.2) is 6.61 Å². The average molecular weight is 176 g/mol. The van der Waals surface area contributed by atoms with Crippen molar-refractivity contribution in [3.05, 3.63) is 24.0 Å². The summed E-state index contributed by atoms with van der Waals surface area (Å²) in [5, 5.41) is 7.09. The molecule has 0 aromatic carbocycles. The first-order valence-electron chi connectivity index (χ1n) is 3.68. The smallest absolute Gasteiger partial charge is 0.340 e. The molecule has 1 rings (SSSR count). The Hall–Kier alpha value is -1.89. The molecule has 66 valence electrons. The second kappa shape index (κ2) is 4.88. The molecule has 13 heavy (non-hydrogen) atoms. The van der Waals surface area contributed by atoms with Gasteiger partial charge in [-0.15, -0.1) is 5.92 Å². The molecule has 1 aromatic heterocycles. The molecule has 0 N–H and O–H groups in total. The maximum atomic E-state index is 11.2. The molecular formula is C9H8N2O2. The van der Waals surface area contributed by atoms with E-state index in [1.54, 1.807) is 6.92 Å². The van der Waals surface area contributed by atoms with Crippen LogP contribution in [-0.4, -0.2) is 22.8 Å². The summed E-state index contributed by atoms with van der Waals surface area (Å²) in [6.07, 6.45) is 2.78. The van der Waals surface area contributed by atoms with Crippen molar-refractivity contribution in [2.45, 2.75) is 6.92 Å². The van der Waals surface area contributed by atoms with Crippen LogP contribution in [0.4, 0.5) is 0 Å². The van der Waals surface area contributed by atoms with Crippen molar-refractivity contribution >= 4 is 5.97 Å². The van der Waals surface area contributed by atoms with Gasteiger partial charge in [0.2, 0.25) is 0 Å². The Labute approximate surface area is 75.9 Å². The number of rotatable bonds is 2. The molecule has 0 atom stereocenters. The molecule has 0 aliphatic heterocycles. The van der Waals surface area contributed by atoms with Gasteiger partial charge in [0.05, 0.1) is 18.0 Å². The van der Waals surface area contributed by atoms with E-state index in [0.717, 1.165) is 0 Å². The molecule has 0 radical (unpaired) electrons. The molecule has 0 bridgehead atoms. The van der Waals surface area contributed by atoms with Crippen molar-refractivity contribution in [2.24, 2.45) is 0 Å². The van der Waals surface area contributed by atoms with E-state index in [1.807, 2.05) is 0 Å². The van der Waals surface area contributed by atoms with E-state index in [-0.39, 0.29) is 6.61 Å². The maximum absolute atomic E-state index is 11.2. The zero-order valence-electron chi connectivity index (χ0n) is 7.15. The van der Waals surface area contributed by atoms with E-state index in [1.165, 1.54) is 18.5 Å². The number of hydrogen-bond donors (Lipinski definition) is 0. The second-order valence-electron chi connectivity index (χ2n) is 2.13. The summed E-state index contributed by atoms with van der Waals surface area (Å²) in [4.78, 5) is 11.2. The summed E-state index contributed by atoms with van der Waals surface area (Å²) >= 11 is 0. The lowest BCUT2D eigenvalue weighted by atomic mass is 10.3. The molecule has 0 saturated carbocycles. The predicted octanol–water partition coefficient (Wildman–Crippen LogP) is 0.657. The van der Waals surface area contributed by atoms with Crippen LogP contribution in [0.5, 0.6) is 0 Å². The SMILES string of the molecule is CC#CCOC(=O)c1ccnnc1. The first kappa shape index (κ1) is 9.20. The minimum absolute atomic E-state index is 0.109. The Balaban J connectivity index is 2.53. The van der Waals surface area contributed by atoms with Gasteiger partial charge in [0, 0.05) is 0 Å². The van der Waals surface area contributed by atoms with Crippen molar-refractivity contribution in [2.75, 3.05) is 6.61 Å². The van der Waals surface area contributed by atoms with Crippen LogP contribution in [0, 0.1) is 11.8 Å². The molecule has 0 unspecified atom stereocenters. The monoisotopic (exact) mass is 176 g/mol. The summed E-state index contributed by atoms with van der Waals surface area (Å²) in [6, 6.07) is 1.54. The summed E-state index contributed by atoms with van der Waals surface area (Å²) in [7, 11) is 0. The van der Waals surface area contributed by atoms with E-state index >= 15 is 0 Å². The third-order valence-electron chi connectivity index (χ3n) is 1.27. The van der Waals surface area contributed by atoms with Crippen molar-refractivity contribution in [3.8, 4) is 11.8 Å². The minimum Gasteiger partial charge on any atom is -0.449 e. The van der Waals surface area contributed by atoms with Crippen LogP contribution in [0.1, 0.15) is 17.3 Å². The van der Waals surface area contributed by atoms with Gasteiger partial charge < -0.3 is 4.74 Å². The number of carbonyl (C=O) groups is 1. The number of ether oxygens (including phenoxy) is 1. The number of esters is 1. The Morgan fingerprint density at radius 2 is 2.46 bits per heavy atom. The van der Waals surface area contributed by atoms with E-state index in [9.17, 15) is 4.79 Å². The average Bonchev–Trinajstić information content (AvgIpc) is 2.19. The number of nitrogens with zero attached hydrogens (tertiary/aromatic N) is 2. The largest absolute Gasteiger partial charge is 0.449 e. The first-order chi connectivity index (χ1) is 6.34. The van der Waals surface area contributed by atoms with Crippen LogP contribution in [0.3, 0.4) is 0 Å². The topological polar surface area (TPSA) is 52.1 Å². The highest BCUT2D eigenvalue weighted by Crippen LogP contribution is 1.96. The summed E-state index contributed by atoms with van der Waals surface area (Å²) in [6.45, 7) is 1.79. The molecule has 1 aromatic rings. The molecule has 0 amide bonds. The lowest BCUT2D eigenvalue weighted by molar-refractivity contribution is 0.0556. The Morgan fingerprint density at radius 3 is 3.08 bits per heavy atom. The van der Waals surface area contributed by atoms with E-state index in [4.69, 9.17) is 4.74 Å². The van der Waals surface area contributed by atoms with Crippen LogP contribution in [0.2, 0.25) is 0 Å².